The second-order valence-corrected chi connectivity index (χ2v) is 10.4. The van der Waals surface area contributed by atoms with Gasteiger partial charge < -0.3 is 10.0 Å². The summed E-state index contributed by atoms with van der Waals surface area (Å²) >= 11 is 5.58. The van der Waals surface area contributed by atoms with Gasteiger partial charge in [0, 0.05) is 35.7 Å². The van der Waals surface area contributed by atoms with E-state index in [4.69, 9.17) is 16.7 Å². The number of benzene rings is 3. The van der Waals surface area contributed by atoms with Gasteiger partial charge in [0.2, 0.25) is 15.6 Å². The quantitative estimate of drug-likeness (QED) is 0.141. The zero-order chi connectivity index (χ0) is 27.8. The molecule has 198 valence electrons. The van der Waals surface area contributed by atoms with Crippen LogP contribution in [0.15, 0.2) is 58.3 Å². The average Bonchev–Trinajstić information content (AvgIpc) is 3.10. The number of nitrogens with zero attached hydrogens (tertiary/aromatic N) is 1. The van der Waals surface area contributed by atoms with E-state index < -0.39 is 84.4 Å². The second-order valence-electron chi connectivity index (χ2n) is 8.17. The van der Waals surface area contributed by atoms with Gasteiger partial charge in [-0.05, 0) is 24.3 Å². The Hall–Kier alpha value is -3.54. The summed E-state index contributed by atoms with van der Waals surface area (Å²) in [5.74, 6) is -9.48. The Morgan fingerprint density at radius 3 is 2.13 bits per heavy atom. The van der Waals surface area contributed by atoms with Crippen LogP contribution in [0.25, 0.3) is 6.08 Å². The maximum atomic E-state index is 15.0. The van der Waals surface area contributed by atoms with Crippen molar-refractivity contribution in [3.8, 4) is 0 Å². The molecule has 0 aliphatic carbocycles. The predicted molar refractivity (Wildman–Crippen MR) is 132 cm³/mol. The third-order valence-corrected chi connectivity index (χ3v) is 7.90. The van der Waals surface area contributed by atoms with E-state index in [2.05, 4.69) is 0 Å². The van der Waals surface area contributed by atoms with Gasteiger partial charge in [0.15, 0.2) is 29.1 Å². The van der Waals surface area contributed by atoms with Gasteiger partial charge in [-0.1, -0.05) is 30.3 Å². The molecule has 4 rings (SSSR count). The van der Waals surface area contributed by atoms with Crippen molar-refractivity contribution in [3.63, 3.8) is 0 Å². The molecule has 0 atom stereocenters. The number of ketones is 2. The molecule has 0 radical (unpaired) electrons. The van der Waals surface area contributed by atoms with Gasteiger partial charge in [-0.2, -0.15) is 0 Å². The number of Topliss-reactive ketones (excluding diaryl/α,β-unsaturated/α-hetero) is 1. The molecule has 3 aromatic rings. The molecule has 0 unspecified atom stereocenters. The summed E-state index contributed by atoms with van der Waals surface area (Å²) < 4.78 is 85.7. The first kappa shape index (κ1) is 27.5. The lowest BCUT2D eigenvalue weighted by atomic mass is 9.99. The van der Waals surface area contributed by atoms with Crippen LogP contribution in [0, 0.1) is 23.3 Å². The molecule has 3 aromatic carbocycles. The predicted octanol–water partition coefficient (Wildman–Crippen LogP) is 4.52. The lowest BCUT2D eigenvalue weighted by molar-refractivity contribution is 0.103. The number of aliphatic hydroxyl groups excluding tert-OH is 1. The highest BCUT2D eigenvalue weighted by atomic mass is 35.5. The van der Waals surface area contributed by atoms with Crippen molar-refractivity contribution in [1.82, 2.24) is 0 Å². The van der Waals surface area contributed by atoms with Gasteiger partial charge in [0.25, 0.3) is 0 Å². The number of carbonyl (C=O) groups is 2. The number of alkyl halides is 1. The third-order valence-electron chi connectivity index (χ3n) is 5.92. The minimum absolute atomic E-state index is 0.0122. The van der Waals surface area contributed by atoms with Gasteiger partial charge >= 0.3 is 0 Å². The molecule has 0 fully saturated rings. The number of halogens is 5. The maximum Gasteiger partial charge on any atom is 0.211 e. The minimum atomic E-state index is -4.64. The normalized spacial score (nSPS) is 15.1. The van der Waals surface area contributed by atoms with Crippen LogP contribution in [-0.2, 0) is 9.84 Å². The van der Waals surface area contributed by atoms with Crippen molar-refractivity contribution in [2.24, 2.45) is 0 Å². The number of carbonyl (C=O) groups excluding carboxylic acids is 2. The average molecular weight is 568 g/mol. The van der Waals surface area contributed by atoms with Crippen molar-refractivity contribution in [2.45, 2.75) is 4.90 Å². The number of fused-ring (bicyclic) bond motifs is 1. The van der Waals surface area contributed by atoms with E-state index in [1.54, 1.807) is 18.2 Å². The molecule has 0 amide bonds. The van der Waals surface area contributed by atoms with E-state index >= 15 is 0 Å². The molecule has 38 heavy (non-hydrogen) atoms. The van der Waals surface area contributed by atoms with Crippen LogP contribution in [0.5, 0.6) is 0 Å². The largest absolute Gasteiger partial charge is 0.395 e. The van der Waals surface area contributed by atoms with Crippen molar-refractivity contribution < 1.29 is 40.7 Å². The van der Waals surface area contributed by atoms with Gasteiger partial charge in [-0.3, -0.25) is 9.59 Å². The van der Waals surface area contributed by atoms with Crippen LogP contribution in [0.4, 0.5) is 23.2 Å². The topological polar surface area (TPSA) is 91.8 Å². The molecule has 1 N–H and O–H groups in total. The van der Waals surface area contributed by atoms with Crippen LogP contribution in [0.1, 0.15) is 31.8 Å². The summed E-state index contributed by atoms with van der Waals surface area (Å²) in [6.07, 6.45) is 0.231. The molecule has 6 nitrogen and oxygen atoms in total. The van der Waals surface area contributed by atoms with Gasteiger partial charge in [-0.15, -0.1) is 11.6 Å². The molecule has 1 aliphatic rings. The third kappa shape index (κ3) is 4.61. The Kier molecular flexibility index (Phi) is 7.73. The smallest absolute Gasteiger partial charge is 0.211 e. The Bertz CT molecular complexity index is 1560. The van der Waals surface area contributed by atoms with Crippen molar-refractivity contribution in [2.75, 3.05) is 30.5 Å². The molecule has 1 aliphatic heterocycles. The van der Waals surface area contributed by atoms with E-state index in [0.717, 1.165) is 17.0 Å². The molecule has 0 saturated carbocycles. The first-order valence-corrected chi connectivity index (χ1v) is 13.1. The van der Waals surface area contributed by atoms with Crippen LogP contribution < -0.4 is 4.90 Å². The van der Waals surface area contributed by atoms with Gasteiger partial charge in [0.1, 0.15) is 10.6 Å². The zero-order valence-electron chi connectivity index (χ0n) is 19.4. The first-order valence-electron chi connectivity index (χ1n) is 11.1. The number of sulfone groups is 1. The summed E-state index contributed by atoms with van der Waals surface area (Å²) in [7, 11) is -4.64. The van der Waals surface area contributed by atoms with Crippen molar-refractivity contribution in [3.05, 3.63) is 99.0 Å². The SMILES string of the molecule is O=C(c1ccccc1)c1ccc2c(c1)C(=O)C(=Cc1c(F)c(F)c(N(CCO)CCCl)c(F)c1F)S2(=O)=O. The van der Waals surface area contributed by atoms with Gasteiger partial charge in [0.05, 0.1) is 17.1 Å². The molecule has 0 saturated heterocycles. The fourth-order valence-corrected chi connectivity index (χ4v) is 5.84. The van der Waals surface area contributed by atoms with E-state index in [0.29, 0.717) is 0 Å². The lowest BCUT2D eigenvalue weighted by Crippen LogP contribution is -2.31. The Morgan fingerprint density at radius 2 is 1.55 bits per heavy atom. The number of rotatable bonds is 8. The first-order chi connectivity index (χ1) is 18.0. The molecule has 1 heterocycles. The monoisotopic (exact) mass is 567 g/mol. The zero-order valence-corrected chi connectivity index (χ0v) is 20.9. The fraction of sp³-hybridized carbons (Fsp3) is 0.154. The van der Waals surface area contributed by atoms with E-state index in [-0.39, 0.29) is 29.6 Å². The fourth-order valence-electron chi connectivity index (χ4n) is 4.09. The second kappa shape index (κ2) is 10.7. The molecular formula is C26H18ClF4NO5S. The van der Waals surface area contributed by atoms with Crippen molar-refractivity contribution in [1.29, 1.82) is 0 Å². The molecule has 0 spiro atoms. The molecule has 0 aromatic heterocycles. The number of hydrogen-bond donors (Lipinski definition) is 1. The molecular weight excluding hydrogens is 550 g/mol. The summed E-state index contributed by atoms with van der Waals surface area (Å²) in [5, 5.41) is 9.13. The minimum Gasteiger partial charge on any atom is -0.395 e. The van der Waals surface area contributed by atoms with E-state index in [1.807, 2.05) is 0 Å². The Morgan fingerprint density at radius 1 is 0.921 bits per heavy atom. The van der Waals surface area contributed by atoms with E-state index in [1.165, 1.54) is 18.2 Å². The lowest BCUT2D eigenvalue weighted by Gasteiger charge is -2.24. The van der Waals surface area contributed by atoms with Crippen LogP contribution in [0.2, 0.25) is 0 Å². The summed E-state index contributed by atoms with van der Waals surface area (Å²) in [4.78, 5) is 24.9. The summed E-state index contributed by atoms with van der Waals surface area (Å²) in [6, 6.07) is 11.2. The maximum absolute atomic E-state index is 15.0. The van der Waals surface area contributed by atoms with E-state index in [9.17, 15) is 35.6 Å². The highest BCUT2D eigenvalue weighted by Gasteiger charge is 2.40. The number of aliphatic hydroxyl groups is 1. The number of anilines is 1. The highest BCUT2D eigenvalue weighted by molar-refractivity contribution is 7.97. The number of hydrogen-bond acceptors (Lipinski definition) is 6. The molecule has 12 heteroatoms. The van der Waals surface area contributed by atoms with Gasteiger partial charge in [-0.25, -0.2) is 26.0 Å². The van der Waals surface area contributed by atoms with Crippen LogP contribution >= 0.6 is 11.6 Å². The van der Waals surface area contributed by atoms with Crippen LogP contribution in [-0.4, -0.2) is 50.7 Å². The standard InChI is InChI=1S/C26H18ClF4NO5S/c27-8-9-32(10-11-33)24-22(30)20(28)17(21(29)23(24)31)13-19-26(35)16-12-15(6-7-18(16)38(19,36)37)25(34)14-4-2-1-3-5-14/h1-7,12-13,33H,8-11H2. The summed E-state index contributed by atoms with van der Waals surface area (Å²) in [5.41, 5.74) is -2.71. The molecule has 0 bridgehead atoms. The highest BCUT2D eigenvalue weighted by Crippen LogP contribution is 2.38. The summed E-state index contributed by atoms with van der Waals surface area (Å²) in [6.45, 7) is -1.27. The number of allylic oxidation sites excluding steroid dienone is 1. The Balaban J connectivity index is 1.82. The van der Waals surface area contributed by atoms with Crippen LogP contribution in [0.3, 0.4) is 0 Å². The Labute approximate surface area is 219 Å². The van der Waals surface area contributed by atoms with Crippen molar-refractivity contribution >= 4 is 44.8 Å².